The van der Waals surface area contributed by atoms with Crippen molar-refractivity contribution in [1.29, 1.82) is 0 Å². The molecule has 0 spiro atoms. The standard InChI is InChI=1S/C14H23F3N2O/c1-19(10-5-4-8-18-9-10)13(20)11-6-2-3-7-12(11)14(15,16)17/h10-12,18H,2-9H2,1H3. The Morgan fingerprint density at radius 2 is 1.85 bits per heavy atom. The minimum absolute atomic E-state index is 0.0343. The number of carbonyl (C=O) groups is 1. The molecule has 0 bridgehead atoms. The third-order valence-electron chi connectivity index (χ3n) is 4.67. The van der Waals surface area contributed by atoms with Gasteiger partial charge in [0.25, 0.3) is 0 Å². The molecule has 6 heteroatoms. The summed E-state index contributed by atoms with van der Waals surface area (Å²) in [5.41, 5.74) is 0. The van der Waals surface area contributed by atoms with Crippen molar-refractivity contribution in [3.63, 3.8) is 0 Å². The lowest BCUT2D eigenvalue weighted by molar-refractivity contribution is -0.201. The van der Waals surface area contributed by atoms with Gasteiger partial charge in [0.1, 0.15) is 0 Å². The van der Waals surface area contributed by atoms with Crippen LogP contribution in [0.1, 0.15) is 38.5 Å². The molecular formula is C14H23F3N2O. The van der Waals surface area contributed by atoms with Gasteiger partial charge < -0.3 is 10.2 Å². The van der Waals surface area contributed by atoms with E-state index in [9.17, 15) is 18.0 Å². The maximum atomic E-state index is 13.1. The van der Waals surface area contributed by atoms with E-state index in [2.05, 4.69) is 5.32 Å². The number of halogens is 3. The SMILES string of the molecule is CN(C(=O)C1CCCCC1C(F)(F)F)C1CCCNC1. The lowest BCUT2D eigenvalue weighted by Gasteiger charge is -2.38. The van der Waals surface area contributed by atoms with Gasteiger partial charge in [-0.25, -0.2) is 0 Å². The van der Waals surface area contributed by atoms with Gasteiger partial charge in [-0.3, -0.25) is 4.79 Å². The Hall–Kier alpha value is -0.780. The summed E-state index contributed by atoms with van der Waals surface area (Å²) < 4.78 is 39.2. The van der Waals surface area contributed by atoms with E-state index in [0.717, 1.165) is 25.8 Å². The first-order chi connectivity index (χ1) is 9.41. The molecule has 20 heavy (non-hydrogen) atoms. The molecule has 2 aliphatic rings. The number of hydrogen-bond acceptors (Lipinski definition) is 2. The number of hydrogen-bond donors (Lipinski definition) is 1. The van der Waals surface area contributed by atoms with Crippen molar-refractivity contribution in [3.05, 3.63) is 0 Å². The molecule has 1 aliphatic carbocycles. The maximum absolute atomic E-state index is 13.1. The van der Waals surface area contributed by atoms with E-state index >= 15 is 0 Å². The molecule has 0 aromatic heterocycles. The Morgan fingerprint density at radius 3 is 2.45 bits per heavy atom. The van der Waals surface area contributed by atoms with Crippen LogP contribution >= 0.6 is 0 Å². The number of rotatable bonds is 2. The molecule has 2 rings (SSSR count). The highest BCUT2D eigenvalue weighted by molar-refractivity contribution is 5.79. The van der Waals surface area contributed by atoms with Crippen molar-refractivity contribution in [2.45, 2.75) is 50.7 Å². The second kappa shape index (κ2) is 6.33. The highest BCUT2D eigenvalue weighted by Gasteiger charge is 2.49. The van der Waals surface area contributed by atoms with Gasteiger partial charge in [-0.15, -0.1) is 0 Å². The number of amides is 1. The summed E-state index contributed by atoms with van der Waals surface area (Å²) in [6.07, 6.45) is -0.659. The molecule has 0 aromatic rings. The molecule has 3 nitrogen and oxygen atoms in total. The fraction of sp³-hybridized carbons (Fsp3) is 0.929. The van der Waals surface area contributed by atoms with Crippen molar-refractivity contribution in [3.8, 4) is 0 Å². The quantitative estimate of drug-likeness (QED) is 0.848. The molecule has 1 aliphatic heterocycles. The van der Waals surface area contributed by atoms with Crippen LogP contribution in [0.25, 0.3) is 0 Å². The summed E-state index contributed by atoms with van der Waals surface area (Å²) >= 11 is 0. The normalized spacial score (nSPS) is 31.9. The average molecular weight is 292 g/mol. The fourth-order valence-electron chi connectivity index (χ4n) is 3.42. The number of piperidine rings is 1. The second-order valence-corrected chi connectivity index (χ2v) is 5.99. The zero-order valence-electron chi connectivity index (χ0n) is 11.9. The molecule has 3 atom stereocenters. The van der Waals surface area contributed by atoms with Gasteiger partial charge in [0.2, 0.25) is 5.91 Å². The molecule has 0 radical (unpaired) electrons. The van der Waals surface area contributed by atoms with Gasteiger partial charge in [-0.1, -0.05) is 12.8 Å². The molecule has 3 unspecified atom stereocenters. The maximum Gasteiger partial charge on any atom is 0.392 e. The zero-order valence-corrected chi connectivity index (χ0v) is 11.9. The first-order valence-corrected chi connectivity index (χ1v) is 7.45. The molecule has 1 N–H and O–H groups in total. The average Bonchev–Trinajstić information content (AvgIpc) is 2.46. The van der Waals surface area contributed by atoms with E-state index in [1.807, 2.05) is 0 Å². The number of nitrogens with zero attached hydrogens (tertiary/aromatic N) is 1. The number of nitrogens with one attached hydrogen (secondary N) is 1. The minimum atomic E-state index is -4.26. The third-order valence-corrected chi connectivity index (χ3v) is 4.67. The summed E-state index contributed by atoms with van der Waals surface area (Å²) in [4.78, 5) is 14.0. The van der Waals surface area contributed by atoms with Crippen molar-refractivity contribution in [2.24, 2.45) is 11.8 Å². The first kappa shape index (κ1) is 15.6. The van der Waals surface area contributed by atoms with Crippen molar-refractivity contribution >= 4 is 5.91 Å². The molecule has 1 amide bonds. The predicted octanol–water partition coefficient (Wildman–Crippen LogP) is 2.57. The van der Waals surface area contributed by atoms with Crippen molar-refractivity contribution in [2.75, 3.05) is 20.1 Å². The van der Waals surface area contributed by atoms with Gasteiger partial charge in [0, 0.05) is 25.6 Å². The van der Waals surface area contributed by atoms with Crippen LogP contribution in [0, 0.1) is 11.8 Å². The van der Waals surface area contributed by atoms with Crippen LogP contribution in [0.2, 0.25) is 0 Å². The van der Waals surface area contributed by atoms with Gasteiger partial charge >= 0.3 is 6.18 Å². The predicted molar refractivity (Wildman–Crippen MR) is 70.2 cm³/mol. The Kier molecular flexibility index (Phi) is 4.94. The molecular weight excluding hydrogens is 269 g/mol. The van der Waals surface area contributed by atoms with Gasteiger partial charge in [0.05, 0.1) is 5.92 Å². The number of carbonyl (C=O) groups excluding carboxylic acids is 1. The van der Waals surface area contributed by atoms with Crippen LogP contribution in [-0.4, -0.2) is 43.2 Å². The number of likely N-dealkylation sites (N-methyl/N-ethyl adjacent to an activating group) is 1. The van der Waals surface area contributed by atoms with E-state index in [0.29, 0.717) is 19.4 Å². The monoisotopic (exact) mass is 292 g/mol. The lowest BCUT2D eigenvalue weighted by Crippen LogP contribution is -2.51. The van der Waals surface area contributed by atoms with Crippen LogP contribution in [0.3, 0.4) is 0 Å². The van der Waals surface area contributed by atoms with Crippen LogP contribution in [0.15, 0.2) is 0 Å². The smallest absolute Gasteiger partial charge is 0.341 e. The summed E-state index contributed by atoms with van der Waals surface area (Å²) in [5, 5.41) is 3.20. The topological polar surface area (TPSA) is 32.3 Å². The zero-order chi connectivity index (χ0) is 14.8. The Bertz CT molecular complexity index is 340. The van der Waals surface area contributed by atoms with E-state index in [1.54, 1.807) is 11.9 Å². The van der Waals surface area contributed by atoms with Crippen molar-refractivity contribution < 1.29 is 18.0 Å². The summed E-state index contributed by atoms with van der Waals surface area (Å²) in [7, 11) is 1.65. The molecule has 1 saturated carbocycles. The Labute approximate surface area is 117 Å². The molecule has 2 fully saturated rings. The van der Waals surface area contributed by atoms with E-state index in [-0.39, 0.29) is 18.4 Å². The van der Waals surface area contributed by atoms with Gasteiger partial charge in [-0.05, 0) is 32.2 Å². The molecule has 116 valence electrons. The summed E-state index contributed by atoms with van der Waals surface area (Å²) in [6, 6.07) is 0.0343. The Balaban J connectivity index is 2.05. The highest BCUT2D eigenvalue weighted by Crippen LogP contribution is 2.42. The lowest BCUT2D eigenvalue weighted by atomic mass is 9.77. The molecule has 1 saturated heterocycles. The van der Waals surface area contributed by atoms with Gasteiger partial charge in [0.15, 0.2) is 0 Å². The van der Waals surface area contributed by atoms with Crippen LogP contribution in [0.5, 0.6) is 0 Å². The van der Waals surface area contributed by atoms with Gasteiger partial charge in [-0.2, -0.15) is 13.2 Å². The largest absolute Gasteiger partial charge is 0.392 e. The summed E-state index contributed by atoms with van der Waals surface area (Å²) in [5.74, 6) is -2.65. The third kappa shape index (κ3) is 3.45. The van der Waals surface area contributed by atoms with Crippen LogP contribution in [-0.2, 0) is 4.79 Å². The minimum Gasteiger partial charge on any atom is -0.341 e. The first-order valence-electron chi connectivity index (χ1n) is 7.45. The number of alkyl halides is 3. The Morgan fingerprint density at radius 1 is 1.15 bits per heavy atom. The van der Waals surface area contributed by atoms with E-state index < -0.39 is 18.0 Å². The molecule has 0 aromatic carbocycles. The second-order valence-electron chi connectivity index (χ2n) is 5.99. The fourth-order valence-corrected chi connectivity index (χ4v) is 3.42. The van der Waals surface area contributed by atoms with Crippen molar-refractivity contribution in [1.82, 2.24) is 10.2 Å². The highest BCUT2D eigenvalue weighted by atomic mass is 19.4. The van der Waals surface area contributed by atoms with Crippen LogP contribution in [0.4, 0.5) is 13.2 Å². The van der Waals surface area contributed by atoms with E-state index in [1.165, 1.54) is 0 Å². The van der Waals surface area contributed by atoms with E-state index in [4.69, 9.17) is 0 Å². The summed E-state index contributed by atoms with van der Waals surface area (Å²) in [6.45, 7) is 1.61. The molecule has 1 heterocycles. The van der Waals surface area contributed by atoms with Crippen LogP contribution < -0.4 is 5.32 Å².